The normalized spacial score (nSPS) is 11.7. The number of sulfonamides is 1. The zero-order valence-corrected chi connectivity index (χ0v) is 12.8. The highest BCUT2D eigenvalue weighted by atomic mass is 35.5. The van der Waals surface area contributed by atoms with Crippen molar-refractivity contribution in [2.75, 3.05) is 0 Å². The lowest BCUT2D eigenvalue weighted by molar-refractivity contribution is 0.581. The summed E-state index contributed by atoms with van der Waals surface area (Å²) < 4.78 is 27.2. The average molecular weight is 316 g/mol. The second kappa shape index (κ2) is 6.05. The van der Waals surface area contributed by atoms with Gasteiger partial charge in [-0.25, -0.2) is 13.1 Å². The van der Waals surface area contributed by atoms with Crippen molar-refractivity contribution in [2.45, 2.75) is 19.2 Å². The minimum Gasteiger partial charge on any atom is -0.212 e. The van der Waals surface area contributed by atoms with Crippen molar-refractivity contribution in [1.82, 2.24) is 4.72 Å². The second-order valence-electron chi connectivity index (χ2n) is 4.21. The van der Waals surface area contributed by atoms with E-state index in [4.69, 9.17) is 11.6 Å². The summed E-state index contributed by atoms with van der Waals surface area (Å²) in [5, 5.41) is 0. The molecule has 6 heteroatoms. The Morgan fingerprint density at radius 1 is 1.21 bits per heavy atom. The van der Waals surface area contributed by atoms with E-state index in [9.17, 15) is 8.42 Å². The molecule has 1 aromatic carbocycles. The minimum absolute atomic E-state index is 0.00121. The smallest absolute Gasteiger partial charge is 0.212 e. The molecule has 0 aliphatic rings. The number of hydrogen-bond donors (Lipinski definition) is 1. The molecule has 2 rings (SSSR count). The quantitative estimate of drug-likeness (QED) is 0.920. The third-order valence-corrected chi connectivity index (χ3v) is 5.21. The predicted molar refractivity (Wildman–Crippen MR) is 80.0 cm³/mol. The molecule has 0 aliphatic carbocycles. The Labute approximate surface area is 122 Å². The van der Waals surface area contributed by atoms with Gasteiger partial charge in [-0.05, 0) is 30.2 Å². The Kier molecular flexibility index (Phi) is 4.62. The topological polar surface area (TPSA) is 46.2 Å². The molecule has 3 nitrogen and oxygen atoms in total. The van der Waals surface area contributed by atoms with Gasteiger partial charge >= 0.3 is 0 Å². The lowest BCUT2D eigenvalue weighted by atomic mass is 10.1. The van der Waals surface area contributed by atoms with Gasteiger partial charge in [0.25, 0.3) is 0 Å². The first-order valence-corrected chi connectivity index (χ1v) is 8.57. The zero-order chi connectivity index (χ0) is 13.9. The number of benzene rings is 1. The third-order valence-electron chi connectivity index (χ3n) is 2.70. The molecule has 1 heterocycles. The molecule has 0 amide bonds. The molecular formula is C13H14ClNO2S2. The van der Waals surface area contributed by atoms with Crippen LogP contribution >= 0.6 is 22.9 Å². The monoisotopic (exact) mass is 315 g/mol. The summed E-state index contributed by atoms with van der Waals surface area (Å²) in [5.41, 5.74) is 1.80. The lowest BCUT2D eigenvalue weighted by Crippen LogP contribution is -2.24. The first kappa shape index (κ1) is 14.5. The summed E-state index contributed by atoms with van der Waals surface area (Å²) in [6, 6.07) is 11.1. The van der Waals surface area contributed by atoms with Crippen LogP contribution in [0.4, 0.5) is 0 Å². The van der Waals surface area contributed by atoms with Crippen LogP contribution in [0.15, 0.2) is 36.4 Å². The van der Waals surface area contributed by atoms with E-state index < -0.39 is 10.0 Å². The Morgan fingerprint density at radius 3 is 2.58 bits per heavy atom. The largest absolute Gasteiger partial charge is 0.216 e. The van der Waals surface area contributed by atoms with Crippen molar-refractivity contribution >= 4 is 33.0 Å². The van der Waals surface area contributed by atoms with Gasteiger partial charge in [0.15, 0.2) is 0 Å². The minimum atomic E-state index is -3.33. The van der Waals surface area contributed by atoms with Crippen molar-refractivity contribution in [1.29, 1.82) is 0 Å². The van der Waals surface area contributed by atoms with Gasteiger partial charge in [-0.3, -0.25) is 0 Å². The maximum atomic E-state index is 12.0. The van der Waals surface area contributed by atoms with Gasteiger partial charge in [-0.2, -0.15) is 0 Å². The summed E-state index contributed by atoms with van der Waals surface area (Å²) in [4.78, 5) is 0.901. The molecule has 0 fully saturated rings. The van der Waals surface area contributed by atoms with Gasteiger partial charge in [0.05, 0.1) is 10.1 Å². The van der Waals surface area contributed by atoms with Crippen LogP contribution in [0.3, 0.4) is 0 Å². The summed E-state index contributed by atoms with van der Waals surface area (Å²) in [7, 11) is -3.33. The molecule has 0 saturated heterocycles. The molecular weight excluding hydrogens is 302 g/mol. The molecule has 0 radical (unpaired) electrons. The number of halogens is 1. The van der Waals surface area contributed by atoms with Crippen molar-refractivity contribution in [3.05, 3.63) is 56.7 Å². The summed E-state index contributed by atoms with van der Waals surface area (Å²) in [6.07, 6.45) is 0. The molecule has 2 aromatic rings. The third kappa shape index (κ3) is 4.31. The van der Waals surface area contributed by atoms with E-state index in [1.807, 2.05) is 37.3 Å². The van der Waals surface area contributed by atoms with Crippen molar-refractivity contribution in [2.24, 2.45) is 0 Å². The molecule has 0 unspecified atom stereocenters. The standard InChI is InChI=1S/C13H14ClNO2S2/c1-10-4-2-3-5-11(10)9-19(16,17)15-8-12-6-7-13(14)18-12/h2-7,15H,8-9H2,1H3. The zero-order valence-electron chi connectivity index (χ0n) is 10.4. The Hall–Kier alpha value is -0.880. The SMILES string of the molecule is Cc1ccccc1CS(=O)(=O)NCc1ccc(Cl)s1. The van der Waals surface area contributed by atoms with Crippen LogP contribution in [0, 0.1) is 6.92 Å². The second-order valence-corrected chi connectivity index (χ2v) is 7.82. The fraction of sp³-hybridized carbons (Fsp3) is 0.231. The molecule has 0 atom stereocenters. The number of thiophene rings is 1. The van der Waals surface area contributed by atoms with Crippen LogP contribution < -0.4 is 4.72 Å². The average Bonchev–Trinajstić information content (AvgIpc) is 2.76. The highest BCUT2D eigenvalue weighted by Gasteiger charge is 2.13. The van der Waals surface area contributed by atoms with Gasteiger partial charge in [0, 0.05) is 11.4 Å². The van der Waals surface area contributed by atoms with Gasteiger partial charge in [-0.1, -0.05) is 35.9 Å². The van der Waals surface area contributed by atoms with Crippen LogP contribution in [-0.4, -0.2) is 8.42 Å². The van der Waals surface area contributed by atoms with Crippen molar-refractivity contribution in [3.63, 3.8) is 0 Å². The highest BCUT2D eigenvalue weighted by Crippen LogP contribution is 2.21. The first-order valence-electron chi connectivity index (χ1n) is 5.72. The molecule has 1 aromatic heterocycles. The fourth-order valence-electron chi connectivity index (χ4n) is 1.66. The van der Waals surface area contributed by atoms with Crippen LogP contribution in [0.25, 0.3) is 0 Å². The molecule has 1 N–H and O–H groups in total. The van der Waals surface area contributed by atoms with E-state index in [0.29, 0.717) is 4.34 Å². The van der Waals surface area contributed by atoms with E-state index in [1.54, 1.807) is 6.07 Å². The molecule has 0 aliphatic heterocycles. The number of nitrogens with one attached hydrogen (secondary N) is 1. The Bertz CT molecular complexity index is 665. The van der Waals surface area contributed by atoms with Gasteiger partial charge in [0.1, 0.15) is 0 Å². The van der Waals surface area contributed by atoms with E-state index in [1.165, 1.54) is 11.3 Å². The van der Waals surface area contributed by atoms with E-state index >= 15 is 0 Å². The van der Waals surface area contributed by atoms with Crippen LogP contribution in [-0.2, 0) is 22.3 Å². The highest BCUT2D eigenvalue weighted by molar-refractivity contribution is 7.88. The van der Waals surface area contributed by atoms with E-state index in [2.05, 4.69) is 4.72 Å². The molecule has 0 saturated carbocycles. The maximum Gasteiger partial charge on any atom is 0.216 e. The summed E-state index contributed by atoms with van der Waals surface area (Å²) >= 11 is 7.18. The van der Waals surface area contributed by atoms with Crippen LogP contribution in [0.2, 0.25) is 4.34 Å². The maximum absolute atomic E-state index is 12.0. The van der Waals surface area contributed by atoms with Gasteiger partial charge in [-0.15, -0.1) is 11.3 Å². The molecule has 0 bridgehead atoms. The van der Waals surface area contributed by atoms with E-state index in [-0.39, 0.29) is 12.3 Å². The summed E-state index contributed by atoms with van der Waals surface area (Å²) in [5.74, 6) is -0.00121. The number of rotatable bonds is 5. The van der Waals surface area contributed by atoms with Gasteiger partial charge < -0.3 is 0 Å². The van der Waals surface area contributed by atoms with Crippen LogP contribution in [0.1, 0.15) is 16.0 Å². The van der Waals surface area contributed by atoms with Crippen molar-refractivity contribution < 1.29 is 8.42 Å². The molecule has 102 valence electrons. The van der Waals surface area contributed by atoms with E-state index in [0.717, 1.165) is 16.0 Å². The lowest BCUT2D eigenvalue weighted by Gasteiger charge is -2.07. The first-order chi connectivity index (χ1) is 8.96. The van der Waals surface area contributed by atoms with Gasteiger partial charge in [0.2, 0.25) is 10.0 Å². The Balaban J connectivity index is 2.01. The Morgan fingerprint density at radius 2 is 1.95 bits per heavy atom. The molecule has 0 spiro atoms. The molecule has 19 heavy (non-hydrogen) atoms. The predicted octanol–water partition coefficient (Wildman–Crippen LogP) is 3.33. The number of hydrogen-bond acceptors (Lipinski definition) is 3. The number of aryl methyl sites for hydroxylation is 1. The summed E-state index contributed by atoms with van der Waals surface area (Å²) in [6.45, 7) is 2.19. The van der Waals surface area contributed by atoms with Crippen molar-refractivity contribution in [3.8, 4) is 0 Å². The fourth-order valence-corrected chi connectivity index (χ4v) is 3.99. The van der Waals surface area contributed by atoms with Crippen LogP contribution in [0.5, 0.6) is 0 Å².